The van der Waals surface area contributed by atoms with E-state index >= 15 is 0 Å². The number of hydrogen-bond donors (Lipinski definition) is 3. The van der Waals surface area contributed by atoms with Gasteiger partial charge in [0.15, 0.2) is 0 Å². The van der Waals surface area contributed by atoms with Crippen molar-refractivity contribution < 1.29 is 14.7 Å². The number of hydrogen-bond acceptors (Lipinski definition) is 2. The van der Waals surface area contributed by atoms with Gasteiger partial charge in [0.25, 0.3) is 5.69 Å². The van der Waals surface area contributed by atoms with E-state index < -0.39 is 0 Å². The highest BCUT2D eigenvalue weighted by Crippen LogP contribution is 2.17. The van der Waals surface area contributed by atoms with Crippen molar-refractivity contribution in [3.05, 3.63) is 76.0 Å². The van der Waals surface area contributed by atoms with Crippen LogP contribution in [0.25, 0.3) is 10.9 Å². The van der Waals surface area contributed by atoms with Crippen LogP contribution in [-0.2, 0) is 13.1 Å². The lowest BCUT2D eigenvalue weighted by atomic mass is 10.1. The smallest absolute Gasteiger partial charge is 0.278 e. The van der Waals surface area contributed by atoms with Crippen molar-refractivity contribution in [3.8, 4) is 0 Å². The van der Waals surface area contributed by atoms with E-state index in [4.69, 9.17) is 0 Å². The molecule has 0 atom stereocenters. The number of rotatable bonds is 5. The van der Waals surface area contributed by atoms with Crippen molar-refractivity contribution in [2.24, 2.45) is 0 Å². The molecule has 0 aliphatic carbocycles. The Morgan fingerprint density at radius 1 is 0.885 bits per heavy atom. The highest BCUT2D eigenvalue weighted by Gasteiger charge is 2.26. The highest BCUT2D eigenvalue weighted by molar-refractivity contribution is 5.82. The summed E-state index contributed by atoms with van der Waals surface area (Å²) in [6.45, 7) is 6.04. The van der Waals surface area contributed by atoms with Gasteiger partial charge in [-0.3, -0.25) is 10.1 Å². The monoisotopic (exact) mass is 352 g/mol. The zero-order chi connectivity index (χ0) is 17.9. The Bertz CT molecular complexity index is 913. The number of nitro groups is 1. The maximum absolute atomic E-state index is 11.2. The molecule has 6 nitrogen and oxygen atoms in total. The first-order chi connectivity index (χ1) is 12.7. The van der Waals surface area contributed by atoms with Crippen molar-refractivity contribution in [1.82, 2.24) is 4.98 Å². The molecule has 3 N–H and O–H groups in total. The predicted octanol–water partition coefficient (Wildman–Crippen LogP) is 0.560. The van der Waals surface area contributed by atoms with Crippen molar-refractivity contribution in [3.63, 3.8) is 0 Å². The molecule has 3 aromatic rings. The van der Waals surface area contributed by atoms with Gasteiger partial charge in [-0.2, -0.15) is 0 Å². The van der Waals surface area contributed by atoms with Crippen LogP contribution in [0.4, 0.5) is 5.69 Å². The molecule has 2 heterocycles. The molecule has 0 radical (unpaired) electrons. The SMILES string of the molecule is O=[N+]([O-])c1ccccc1C[NH+]1CC[NH+](Cc2c[nH]c3ccccc23)CC1. The third-order valence-corrected chi connectivity index (χ3v) is 5.41. The van der Waals surface area contributed by atoms with E-state index in [0.717, 1.165) is 44.8 Å². The third kappa shape index (κ3) is 3.47. The van der Waals surface area contributed by atoms with Crippen LogP contribution in [0.2, 0.25) is 0 Å². The van der Waals surface area contributed by atoms with Gasteiger partial charge in [-0.1, -0.05) is 30.3 Å². The van der Waals surface area contributed by atoms with Crippen molar-refractivity contribution in [2.45, 2.75) is 13.1 Å². The van der Waals surface area contributed by atoms with Crippen LogP contribution in [0, 0.1) is 10.1 Å². The van der Waals surface area contributed by atoms with E-state index in [1.807, 2.05) is 12.1 Å². The van der Waals surface area contributed by atoms with Gasteiger partial charge in [0.1, 0.15) is 39.3 Å². The minimum Gasteiger partial charge on any atom is -0.361 e. The largest absolute Gasteiger partial charge is 0.361 e. The van der Waals surface area contributed by atoms with Crippen LogP contribution in [0.1, 0.15) is 11.1 Å². The number of fused-ring (bicyclic) bond motifs is 1. The standard InChI is InChI=1S/C20H22N4O2/c25-24(26)20-8-4-1-5-16(20)14-22-9-11-23(12-10-22)15-17-13-21-19-7-3-2-6-18(17)19/h1-8,13,21H,9-12,14-15H2/p+2. The van der Waals surface area contributed by atoms with Gasteiger partial charge in [0.2, 0.25) is 0 Å². The molecule has 1 fully saturated rings. The number of nitrogens with zero attached hydrogens (tertiary/aromatic N) is 1. The minimum atomic E-state index is -0.271. The van der Waals surface area contributed by atoms with Gasteiger partial charge in [0, 0.05) is 28.7 Å². The Kier molecular flexibility index (Phi) is 4.69. The summed E-state index contributed by atoms with van der Waals surface area (Å²) in [5.74, 6) is 0. The molecule has 1 aromatic heterocycles. The van der Waals surface area contributed by atoms with Crippen LogP contribution in [-0.4, -0.2) is 36.1 Å². The predicted molar refractivity (Wildman–Crippen MR) is 100 cm³/mol. The minimum absolute atomic E-state index is 0.244. The molecule has 1 aliphatic rings. The fourth-order valence-electron chi connectivity index (χ4n) is 3.97. The summed E-state index contributed by atoms with van der Waals surface area (Å²) in [4.78, 5) is 17.3. The molecule has 4 rings (SSSR count). The molecular weight excluding hydrogens is 328 g/mol. The van der Waals surface area contributed by atoms with E-state index in [-0.39, 0.29) is 10.6 Å². The second kappa shape index (κ2) is 7.27. The summed E-state index contributed by atoms with van der Waals surface area (Å²) in [7, 11) is 0. The lowest BCUT2D eigenvalue weighted by Gasteiger charge is -2.29. The lowest BCUT2D eigenvalue weighted by Crippen LogP contribution is -3.27. The molecule has 6 heteroatoms. The molecule has 26 heavy (non-hydrogen) atoms. The molecule has 0 unspecified atom stereocenters. The number of para-hydroxylation sites is 2. The van der Waals surface area contributed by atoms with Gasteiger partial charge in [0.05, 0.1) is 10.5 Å². The second-order valence-corrected chi connectivity index (χ2v) is 7.10. The quantitative estimate of drug-likeness (QED) is 0.464. The average Bonchev–Trinajstić information content (AvgIpc) is 3.07. The average molecular weight is 352 g/mol. The Balaban J connectivity index is 1.37. The summed E-state index contributed by atoms with van der Waals surface area (Å²) in [5.41, 5.74) is 3.65. The Morgan fingerprint density at radius 2 is 1.50 bits per heavy atom. The molecule has 2 aromatic carbocycles. The number of nitro benzene ring substituents is 1. The Hall–Kier alpha value is -2.70. The van der Waals surface area contributed by atoms with E-state index in [1.54, 1.807) is 17.0 Å². The number of aromatic amines is 1. The maximum atomic E-state index is 11.2. The van der Waals surface area contributed by atoms with Crippen molar-refractivity contribution >= 4 is 16.6 Å². The fourth-order valence-corrected chi connectivity index (χ4v) is 3.97. The highest BCUT2D eigenvalue weighted by atomic mass is 16.6. The van der Waals surface area contributed by atoms with Gasteiger partial charge in [-0.05, 0) is 12.1 Å². The van der Waals surface area contributed by atoms with Crippen molar-refractivity contribution in [1.29, 1.82) is 0 Å². The molecule has 0 spiro atoms. The normalized spacial score (nSPS) is 20.3. The lowest BCUT2D eigenvalue weighted by molar-refractivity contribution is -1.02. The maximum Gasteiger partial charge on any atom is 0.278 e. The third-order valence-electron chi connectivity index (χ3n) is 5.41. The van der Waals surface area contributed by atoms with Crippen LogP contribution >= 0.6 is 0 Å². The van der Waals surface area contributed by atoms with E-state index in [9.17, 15) is 10.1 Å². The second-order valence-electron chi connectivity index (χ2n) is 7.10. The molecular formula is C20H24N4O2+2. The van der Waals surface area contributed by atoms with Crippen LogP contribution in [0.15, 0.2) is 54.7 Å². The van der Waals surface area contributed by atoms with E-state index in [2.05, 4.69) is 35.4 Å². The molecule has 1 saturated heterocycles. The van der Waals surface area contributed by atoms with Crippen molar-refractivity contribution in [2.75, 3.05) is 26.2 Å². The molecule has 0 saturated carbocycles. The number of H-pyrrole nitrogens is 1. The number of nitrogens with one attached hydrogen (secondary N) is 3. The summed E-state index contributed by atoms with van der Waals surface area (Å²) < 4.78 is 0. The Morgan fingerprint density at radius 3 is 2.23 bits per heavy atom. The molecule has 0 bridgehead atoms. The molecule has 134 valence electrons. The van der Waals surface area contributed by atoms with Gasteiger partial charge < -0.3 is 14.8 Å². The number of piperazine rings is 1. The molecule has 1 aliphatic heterocycles. The van der Waals surface area contributed by atoms with Crippen LogP contribution in [0.5, 0.6) is 0 Å². The topological polar surface area (TPSA) is 67.8 Å². The zero-order valence-electron chi connectivity index (χ0n) is 14.7. The first-order valence-electron chi connectivity index (χ1n) is 9.15. The number of quaternary nitrogens is 2. The number of benzene rings is 2. The van der Waals surface area contributed by atoms with Crippen LogP contribution in [0.3, 0.4) is 0 Å². The van der Waals surface area contributed by atoms with E-state index in [1.165, 1.54) is 21.4 Å². The summed E-state index contributed by atoms with van der Waals surface area (Å²) in [5, 5.41) is 12.5. The summed E-state index contributed by atoms with van der Waals surface area (Å²) in [6, 6.07) is 15.5. The first kappa shape index (κ1) is 16.8. The van der Waals surface area contributed by atoms with E-state index in [0.29, 0.717) is 0 Å². The molecule has 0 amide bonds. The van der Waals surface area contributed by atoms with Gasteiger partial charge in [-0.15, -0.1) is 0 Å². The first-order valence-corrected chi connectivity index (χ1v) is 9.15. The summed E-state index contributed by atoms with van der Waals surface area (Å²) in [6.07, 6.45) is 2.13. The van der Waals surface area contributed by atoms with Gasteiger partial charge in [-0.25, -0.2) is 0 Å². The van der Waals surface area contributed by atoms with Gasteiger partial charge >= 0.3 is 0 Å². The fraction of sp³-hybridized carbons (Fsp3) is 0.300. The number of aromatic nitrogens is 1. The zero-order valence-corrected chi connectivity index (χ0v) is 14.7. The Labute approximate surface area is 152 Å². The van der Waals surface area contributed by atoms with Crippen LogP contribution < -0.4 is 9.80 Å². The summed E-state index contributed by atoms with van der Waals surface area (Å²) >= 11 is 0.